The molecule has 1 unspecified atom stereocenters. The van der Waals surface area contributed by atoms with Gasteiger partial charge in [0.05, 0.1) is 12.4 Å². The van der Waals surface area contributed by atoms with E-state index in [1.165, 1.54) is 16.7 Å². The molecule has 23 heavy (non-hydrogen) atoms. The quantitative estimate of drug-likeness (QED) is 0.919. The fraction of sp³-hybridized carbons (Fsp3) is 0.375. The van der Waals surface area contributed by atoms with Crippen molar-refractivity contribution in [2.75, 3.05) is 13.1 Å². The van der Waals surface area contributed by atoms with E-state index in [0.717, 1.165) is 24.8 Å². The molecule has 1 atom stereocenters. The van der Waals surface area contributed by atoms with Crippen molar-refractivity contribution in [3.8, 4) is 11.4 Å². The van der Waals surface area contributed by atoms with Crippen molar-refractivity contribution in [1.29, 1.82) is 0 Å². The molecule has 0 aliphatic carbocycles. The summed E-state index contributed by atoms with van der Waals surface area (Å²) in [5, 5.41) is 0. The summed E-state index contributed by atoms with van der Waals surface area (Å²) in [6.07, 6.45) is 5.44. The largest absolute Gasteiger partial charge is 0.329 e. The molecule has 2 aromatic rings. The first-order chi connectivity index (χ1) is 11.1. The van der Waals surface area contributed by atoms with Crippen LogP contribution in [-0.2, 0) is 10.0 Å². The van der Waals surface area contributed by atoms with Crippen molar-refractivity contribution in [3.63, 3.8) is 0 Å². The first-order valence-electron chi connectivity index (χ1n) is 7.72. The average molecular weight is 332 g/mol. The summed E-state index contributed by atoms with van der Waals surface area (Å²) in [7, 11) is -3.59. The smallest absolute Gasteiger partial charge is 0.246 e. The lowest BCUT2D eigenvalue weighted by molar-refractivity contribution is 0.257. The molecular weight excluding hydrogens is 312 g/mol. The Morgan fingerprint density at radius 1 is 1.13 bits per heavy atom. The molecule has 1 aromatic heterocycles. The van der Waals surface area contributed by atoms with Crippen LogP contribution in [0, 0.1) is 0 Å². The van der Waals surface area contributed by atoms with Crippen LogP contribution in [0.2, 0.25) is 0 Å². The molecule has 122 valence electrons. The van der Waals surface area contributed by atoms with E-state index < -0.39 is 10.0 Å². The van der Waals surface area contributed by atoms with Crippen molar-refractivity contribution in [1.82, 2.24) is 14.3 Å². The van der Waals surface area contributed by atoms with E-state index >= 15 is 0 Å². The molecule has 2 heterocycles. The van der Waals surface area contributed by atoms with E-state index in [0.29, 0.717) is 18.9 Å². The molecule has 0 amide bonds. The van der Waals surface area contributed by atoms with Crippen LogP contribution in [0.15, 0.2) is 47.6 Å². The van der Waals surface area contributed by atoms with Gasteiger partial charge in [-0.2, -0.15) is 4.31 Å². The lowest BCUT2D eigenvalue weighted by Crippen LogP contribution is -2.47. The second-order valence-corrected chi connectivity index (χ2v) is 7.50. The Bertz CT molecular complexity index is 747. The molecule has 6 nitrogen and oxygen atoms in total. The third-order valence-corrected chi connectivity index (χ3v) is 6.02. The molecule has 3 rings (SSSR count). The summed E-state index contributed by atoms with van der Waals surface area (Å²) in [4.78, 5) is 8.55. The minimum atomic E-state index is -3.59. The Labute approximate surface area is 136 Å². The van der Waals surface area contributed by atoms with Gasteiger partial charge in [-0.3, -0.25) is 0 Å². The van der Waals surface area contributed by atoms with Crippen LogP contribution in [-0.4, -0.2) is 41.8 Å². The van der Waals surface area contributed by atoms with Gasteiger partial charge in [0.1, 0.15) is 4.90 Å². The number of aromatic nitrogens is 2. The minimum Gasteiger partial charge on any atom is -0.329 e. The highest BCUT2D eigenvalue weighted by molar-refractivity contribution is 7.89. The van der Waals surface area contributed by atoms with Crippen LogP contribution in [0.4, 0.5) is 0 Å². The Morgan fingerprint density at radius 2 is 1.83 bits per heavy atom. The van der Waals surface area contributed by atoms with Crippen LogP contribution >= 0.6 is 0 Å². The highest BCUT2D eigenvalue weighted by Crippen LogP contribution is 2.25. The van der Waals surface area contributed by atoms with Gasteiger partial charge in [0.25, 0.3) is 0 Å². The predicted molar refractivity (Wildman–Crippen MR) is 88.1 cm³/mol. The maximum absolute atomic E-state index is 12.8. The van der Waals surface area contributed by atoms with Crippen LogP contribution < -0.4 is 5.73 Å². The fourth-order valence-corrected chi connectivity index (χ4v) is 4.44. The molecule has 1 aliphatic heterocycles. The van der Waals surface area contributed by atoms with Gasteiger partial charge in [0.2, 0.25) is 10.0 Å². The van der Waals surface area contributed by atoms with E-state index in [1.54, 1.807) is 0 Å². The number of sulfonamides is 1. The van der Waals surface area contributed by atoms with Gasteiger partial charge in [-0.25, -0.2) is 18.4 Å². The third kappa shape index (κ3) is 3.26. The summed E-state index contributed by atoms with van der Waals surface area (Å²) in [6.45, 7) is 0.840. The number of hydrogen-bond donors (Lipinski definition) is 1. The molecule has 0 radical (unpaired) electrons. The number of piperidine rings is 1. The van der Waals surface area contributed by atoms with E-state index in [-0.39, 0.29) is 10.9 Å². The summed E-state index contributed by atoms with van der Waals surface area (Å²) in [6, 6.07) is 9.33. The lowest BCUT2D eigenvalue weighted by Gasteiger charge is -2.33. The van der Waals surface area contributed by atoms with Crippen molar-refractivity contribution < 1.29 is 8.42 Å². The predicted octanol–water partition coefficient (Wildman–Crippen LogP) is 1.65. The molecule has 7 heteroatoms. The Balaban J connectivity index is 1.88. The number of hydrogen-bond acceptors (Lipinski definition) is 5. The van der Waals surface area contributed by atoms with Gasteiger partial charge >= 0.3 is 0 Å². The van der Waals surface area contributed by atoms with Gasteiger partial charge in [-0.1, -0.05) is 36.8 Å². The van der Waals surface area contributed by atoms with E-state index in [1.807, 2.05) is 30.3 Å². The topological polar surface area (TPSA) is 89.2 Å². The van der Waals surface area contributed by atoms with Gasteiger partial charge in [0, 0.05) is 24.7 Å². The summed E-state index contributed by atoms with van der Waals surface area (Å²) >= 11 is 0. The Morgan fingerprint density at radius 3 is 2.48 bits per heavy atom. The van der Waals surface area contributed by atoms with Crippen LogP contribution in [0.3, 0.4) is 0 Å². The molecule has 0 spiro atoms. The van der Waals surface area contributed by atoms with E-state index in [2.05, 4.69) is 9.97 Å². The van der Waals surface area contributed by atoms with Crippen molar-refractivity contribution >= 4 is 10.0 Å². The van der Waals surface area contributed by atoms with Gasteiger partial charge < -0.3 is 5.73 Å². The summed E-state index contributed by atoms with van der Waals surface area (Å²) in [5.74, 6) is 0.513. The number of rotatable bonds is 4. The fourth-order valence-electron chi connectivity index (χ4n) is 2.85. The van der Waals surface area contributed by atoms with Crippen LogP contribution in [0.1, 0.15) is 19.3 Å². The van der Waals surface area contributed by atoms with Gasteiger partial charge in [0.15, 0.2) is 5.82 Å². The second kappa shape index (κ2) is 6.74. The number of nitrogens with two attached hydrogens (primary N) is 1. The zero-order valence-electron chi connectivity index (χ0n) is 12.8. The monoisotopic (exact) mass is 332 g/mol. The standard InChI is InChI=1S/C16H20N4O2S/c17-10-14-8-4-5-9-20(14)23(21,22)15-11-18-16(19-12-15)13-6-2-1-3-7-13/h1-3,6-7,11-12,14H,4-5,8-10,17H2. The highest BCUT2D eigenvalue weighted by Gasteiger charge is 2.33. The zero-order chi connectivity index (χ0) is 16.3. The van der Waals surface area contributed by atoms with Gasteiger partial charge in [-0.15, -0.1) is 0 Å². The normalized spacial score (nSPS) is 19.6. The summed E-state index contributed by atoms with van der Waals surface area (Å²) < 4.78 is 27.1. The highest BCUT2D eigenvalue weighted by atomic mass is 32.2. The number of nitrogens with zero attached hydrogens (tertiary/aromatic N) is 3. The van der Waals surface area contributed by atoms with Crippen molar-refractivity contribution in [3.05, 3.63) is 42.7 Å². The molecule has 1 saturated heterocycles. The molecule has 0 bridgehead atoms. The molecule has 2 N–H and O–H groups in total. The molecule has 0 saturated carbocycles. The van der Waals surface area contributed by atoms with Crippen molar-refractivity contribution in [2.24, 2.45) is 5.73 Å². The van der Waals surface area contributed by atoms with E-state index in [9.17, 15) is 8.42 Å². The molecule has 1 aliphatic rings. The van der Waals surface area contributed by atoms with Crippen LogP contribution in [0.5, 0.6) is 0 Å². The zero-order valence-corrected chi connectivity index (χ0v) is 13.6. The first-order valence-corrected chi connectivity index (χ1v) is 9.16. The third-order valence-electron chi connectivity index (χ3n) is 4.11. The van der Waals surface area contributed by atoms with Crippen LogP contribution in [0.25, 0.3) is 11.4 Å². The second-order valence-electron chi connectivity index (χ2n) is 5.61. The van der Waals surface area contributed by atoms with E-state index in [4.69, 9.17) is 5.73 Å². The van der Waals surface area contributed by atoms with Crippen molar-refractivity contribution in [2.45, 2.75) is 30.2 Å². The average Bonchev–Trinajstić information content (AvgIpc) is 2.62. The Kier molecular flexibility index (Phi) is 4.70. The first kappa shape index (κ1) is 16.0. The maximum atomic E-state index is 12.8. The lowest BCUT2D eigenvalue weighted by atomic mass is 10.1. The minimum absolute atomic E-state index is 0.123. The van der Waals surface area contributed by atoms with Gasteiger partial charge in [-0.05, 0) is 12.8 Å². The molecular formula is C16H20N4O2S. The Hall–Kier alpha value is -1.83. The summed E-state index contributed by atoms with van der Waals surface area (Å²) in [5.41, 5.74) is 6.59. The maximum Gasteiger partial charge on any atom is 0.246 e. The molecule has 1 aromatic carbocycles. The number of benzene rings is 1. The molecule has 1 fully saturated rings. The SMILES string of the molecule is NCC1CCCCN1S(=O)(=O)c1cnc(-c2ccccc2)nc1.